The van der Waals surface area contributed by atoms with E-state index in [0.717, 1.165) is 24.2 Å². The molecule has 0 saturated carbocycles. The van der Waals surface area contributed by atoms with E-state index in [4.69, 9.17) is 10.2 Å². The number of aliphatic hydroxyl groups is 2. The van der Waals surface area contributed by atoms with E-state index in [2.05, 4.69) is 0 Å². The van der Waals surface area contributed by atoms with Crippen molar-refractivity contribution < 1.29 is 10.2 Å². The summed E-state index contributed by atoms with van der Waals surface area (Å²) in [7, 11) is 0. The normalized spacial score (nSPS) is 10.4. The molecule has 78 valence electrons. The Labute approximate surface area is 89.0 Å². The molecule has 14 heavy (non-hydrogen) atoms. The molecule has 0 heterocycles. The first-order chi connectivity index (χ1) is 6.86. The highest BCUT2D eigenvalue weighted by atomic mass is 32.2. The molecule has 0 aliphatic carbocycles. The van der Waals surface area contributed by atoms with Gasteiger partial charge in [-0.25, -0.2) is 0 Å². The Morgan fingerprint density at radius 2 is 2.00 bits per heavy atom. The van der Waals surface area contributed by atoms with Crippen LogP contribution in [0.4, 0.5) is 0 Å². The summed E-state index contributed by atoms with van der Waals surface area (Å²) in [6.07, 6.45) is 1.90. The molecular formula is C11H16O2S. The van der Waals surface area contributed by atoms with Crippen LogP contribution in [-0.2, 0) is 6.61 Å². The van der Waals surface area contributed by atoms with Gasteiger partial charge in [-0.2, -0.15) is 0 Å². The molecule has 0 radical (unpaired) electrons. The second-order valence-corrected chi connectivity index (χ2v) is 4.25. The van der Waals surface area contributed by atoms with Crippen molar-refractivity contribution in [3.8, 4) is 0 Å². The van der Waals surface area contributed by atoms with E-state index in [9.17, 15) is 0 Å². The van der Waals surface area contributed by atoms with Gasteiger partial charge in [0.05, 0.1) is 6.61 Å². The number of thioether (sulfide) groups is 1. The molecule has 0 amide bonds. The summed E-state index contributed by atoms with van der Waals surface area (Å²) < 4.78 is 0. The van der Waals surface area contributed by atoms with Gasteiger partial charge in [-0.1, -0.05) is 12.1 Å². The SMILES string of the molecule is OCCCCSc1cccc(CO)c1. The van der Waals surface area contributed by atoms with Gasteiger partial charge in [-0.3, -0.25) is 0 Å². The molecule has 1 aromatic rings. The number of rotatable bonds is 6. The summed E-state index contributed by atoms with van der Waals surface area (Å²) in [5, 5.41) is 17.5. The third kappa shape index (κ3) is 4.13. The van der Waals surface area contributed by atoms with Crippen LogP contribution in [0.3, 0.4) is 0 Å². The van der Waals surface area contributed by atoms with Crippen LogP contribution < -0.4 is 0 Å². The van der Waals surface area contributed by atoms with Gasteiger partial charge < -0.3 is 10.2 Å². The fourth-order valence-electron chi connectivity index (χ4n) is 1.14. The molecule has 0 saturated heterocycles. The van der Waals surface area contributed by atoms with Crippen molar-refractivity contribution in [1.29, 1.82) is 0 Å². The van der Waals surface area contributed by atoms with Gasteiger partial charge in [0.1, 0.15) is 0 Å². The first-order valence-corrected chi connectivity index (χ1v) is 5.79. The smallest absolute Gasteiger partial charge is 0.0682 e. The van der Waals surface area contributed by atoms with Gasteiger partial charge in [-0.05, 0) is 36.3 Å². The van der Waals surface area contributed by atoms with E-state index in [1.165, 1.54) is 4.90 Å². The van der Waals surface area contributed by atoms with E-state index < -0.39 is 0 Å². The van der Waals surface area contributed by atoms with Gasteiger partial charge in [0, 0.05) is 11.5 Å². The minimum absolute atomic E-state index is 0.102. The van der Waals surface area contributed by atoms with E-state index in [0.29, 0.717) is 0 Å². The minimum Gasteiger partial charge on any atom is -0.396 e. The van der Waals surface area contributed by atoms with Crippen LogP contribution in [-0.4, -0.2) is 22.6 Å². The van der Waals surface area contributed by atoms with Crippen molar-refractivity contribution in [2.75, 3.05) is 12.4 Å². The number of hydrogen-bond acceptors (Lipinski definition) is 3. The third-order valence-corrected chi connectivity index (χ3v) is 2.98. The van der Waals surface area contributed by atoms with Gasteiger partial charge in [-0.15, -0.1) is 11.8 Å². The number of aliphatic hydroxyl groups excluding tert-OH is 2. The van der Waals surface area contributed by atoms with Gasteiger partial charge in [0.25, 0.3) is 0 Å². The summed E-state index contributed by atoms with van der Waals surface area (Å²) >= 11 is 1.77. The number of unbranched alkanes of at least 4 members (excludes halogenated alkanes) is 1. The predicted molar refractivity (Wildman–Crippen MR) is 59.4 cm³/mol. The molecule has 2 N–H and O–H groups in total. The molecule has 0 fully saturated rings. The summed E-state index contributed by atoms with van der Waals surface area (Å²) in [6.45, 7) is 0.377. The molecule has 1 rings (SSSR count). The topological polar surface area (TPSA) is 40.5 Å². The second-order valence-electron chi connectivity index (χ2n) is 3.08. The minimum atomic E-state index is 0.102. The Morgan fingerprint density at radius 1 is 1.14 bits per heavy atom. The Kier molecular flexibility index (Phi) is 5.68. The van der Waals surface area contributed by atoms with Crippen LogP contribution in [0.5, 0.6) is 0 Å². The number of hydrogen-bond donors (Lipinski definition) is 2. The zero-order valence-corrected chi connectivity index (χ0v) is 8.96. The lowest BCUT2D eigenvalue weighted by Gasteiger charge is -2.02. The molecule has 3 heteroatoms. The Hall–Kier alpha value is -0.510. The largest absolute Gasteiger partial charge is 0.396 e. The van der Waals surface area contributed by atoms with Crippen molar-refractivity contribution in [1.82, 2.24) is 0 Å². The second kappa shape index (κ2) is 6.87. The standard InChI is InChI=1S/C11H16O2S/c12-6-1-2-7-14-11-5-3-4-10(8-11)9-13/h3-5,8,12-13H,1-2,6-7,9H2. The Morgan fingerprint density at radius 3 is 2.71 bits per heavy atom. The van der Waals surface area contributed by atoms with E-state index in [-0.39, 0.29) is 13.2 Å². The van der Waals surface area contributed by atoms with Crippen molar-refractivity contribution in [2.45, 2.75) is 24.3 Å². The zero-order chi connectivity index (χ0) is 10.2. The lowest BCUT2D eigenvalue weighted by molar-refractivity contribution is 0.281. The van der Waals surface area contributed by atoms with Crippen LogP contribution in [0.1, 0.15) is 18.4 Å². The highest BCUT2D eigenvalue weighted by Crippen LogP contribution is 2.20. The molecule has 0 aromatic heterocycles. The molecule has 0 bridgehead atoms. The van der Waals surface area contributed by atoms with E-state index >= 15 is 0 Å². The molecule has 0 atom stereocenters. The molecule has 0 aliphatic heterocycles. The molecule has 0 unspecified atom stereocenters. The van der Waals surface area contributed by atoms with Crippen molar-refractivity contribution in [2.24, 2.45) is 0 Å². The molecule has 0 aliphatic rings. The van der Waals surface area contributed by atoms with E-state index in [1.54, 1.807) is 11.8 Å². The highest BCUT2D eigenvalue weighted by Gasteiger charge is 1.95. The maximum absolute atomic E-state index is 8.93. The van der Waals surface area contributed by atoms with E-state index in [1.807, 2.05) is 24.3 Å². The van der Waals surface area contributed by atoms with Gasteiger partial charge >= 0.3 is 0 Å². The monoisotopic (exact) mass is 212 g/mol. The van der Waals surface area contributed by atoms with Crippen molar-refractivity contribution in [3.05, 3.63) is 29.8 Å². The van der Waals surface area contributed by atoms with Crippen LogP contribution in [0.2, 0.25) is 0 Å². The average molecular weight is 212 g/mol. The Bertz CT molecular complexity index is 263. The first-order valence-electron chi connectivity index (χ1n) is 4.80. The molecular weight excluding hydrogens is 196 g/mol. The zero-order valence-electron chi connectivity index (χ0n) is 8.15. The molecule has 1 aromatic carbocycles. The average Bonchev–Trinajstić information content (AvgIpc) is 2.25. The maximum atomic E-state index is 8.93. The molecule has 2 nitrogen and oxygen atoms in total. The quantitative estimate of drug-likeness (QED) is 0.560. The fourth-order valence-corrected chi connectivity index (χ4v) is 2.13. The fraction of sp³-hybridized carbons (Fsp3) is 0.455. The summed E-state index contributed by atoms with van der Waals surface area (Å²) in [6, 6.07) is 7.92. The summed E-state index contributed by atoms with van der Waals surface area (Å²) in [5.74, 6) is 1.02. The van der Waals surface area contributed by atoms with Gasteiger partial charge in [0.2, 0.25) is 0 Å². The van der Waals surface area contributed by atoms with Crippen LogP contribution in [0.25, 0.3) is 0 Å². The lowest BCUT2D eigenvalue weighted by Crippen LogP contribution is -1.86. The molecule has 0 spiro atoms. The van der Waals surface area contributed by atoms with Crippen LogP contribution in [0, 0.1) is 0 Å². The maximum Gasteiger partial charge on any atom is 0.0682 e. The predicted octanol–water partition coefficient (Wildman–Crippen LogP) is 2.04. The van der Waals surface area contributed by atoms with Gasteiger partial charge in [0.15, 0.2) is 0 Å². The van der Waals surface area contributed by atoms with Crippen LogP contribution in [0.15, 0.2) is 29.2 Å². The summed E-state index contributed by atoms with van der Waals surface area (Å²) in [4.78, 5) is 1.19. The number of benzene rings is 1. The summed E-state index contributed by atoms with van der Waals surface area (Å²) in [5.41, 5.74) is 0.956. The Balaban J connectivity index is 2.34. The van der Waals surface area contributed by atoms with Crippen LogP contribution >= 0.6 is 11.8 Å². The highest BCUT2D eigenvalue weighted by molar-refractivity contribution is 7.99. The van der Waals surface area contributed by atoms with Crippen molar-refractivity contribution >= 4 is 11.8 Å². The first kappa shape index (κ1) is 11.6. The lowest BCUT2D eigenvalue weighted by atomic mass is 10.2. The van der Waals surface area contributed by atoms with Crippen molar-refractivity contribution in [3.63, 3.8) is 0 Å². The third-order valence-electron chi connectivity index (χ3n) is 1.90.